The Morgan fingerprint density at radius 2 is 2.11 bits per heavy atom. The van der Waals surface area contributed by atoms with Crippen LogP contribution in [-0.2, 0) is 9.84 Å². The van der Waals surface area contributed by atoms with E-state index in [9.17, 15) is 13.2 Å². The number of carbonyl (C=O) groups excluding carboxylic acids is 1. The topological polar surface area (TPSA) is 63.2 Å². The highest BCUT2D eigenvalue weighted by Gasteiger charge is 2.13. The molecule has 0 saturated heterocycles. The molecule has 1 N–H and O–H groups in total. The van der Waals surface area contributed by atoms with Gasteiger partial charge in [-0.1, -0.05) is 6.07 Å². The molecule has 0 bridgehead atoms. The van der Waals surface area contributed by atoms with Crippen LogP contribution in [0.2, 0.25) is 0 Å². The summed E-state index contributed by atoms with van der Waals surface area (Å²) in [6.07, 6.45) is 1.78. The monoisotopic (exact) mass is 289 g/mol. The maximum Gasteiger partial charge on any atom is 0.251 e. The Morgan fingerprint density at radius 1 is 1.44 bits per heavy atom. The number of sulfone groups is 1. The molecule has 0 aliphatic heterocycles. The largest absolute Gasteiger partial charge is 0.350 e. The second-order valence-electron chi connectivity index (χ2n) is 4.15. The molecule has 0 heterocycles. The lowest BCUT2D eigenvalue weighted by atomic mass is 10.2. The van der Waals surface area contributed by atoms with Crippen molar-refractivity contribution < 1.29 is 13.2 Å². The fourth-order valence-electron chi connectivity index (χ4n) is 1.41. The zero-order valence-corrected chi connectivity index (χ0v) is 11.9. The van der Waals surface area contributed by atoms with Crippen LogP contribution < -0.4 is 5.32 Å². The number of amides is 1. The third-order valence-electron chi connectivity index (χ3n) is 2.44. The Balaban J connectivity index is 2.87. The van der Waals surface area contributed by atoms with E-state index in [1.54, 1.807) is 12.1 Å². The second kappa shape index (κ2) is 6.20. The standard InChI is InChI=1S/C12H16ClNO3S/c1-9(6-7-13)14-12(15)10-4-3-5-11(8-10)18(2,16)17/h3-5,8-9H,6-7H2,1-2H3,(H,14,15). The fourth-order valence-corrected chi connectivity index (χ4v) is 2.41. The summed E-state index contributed by atoms with van der Waals surface area (Å²) < 4.78 is 22.8. The summed E-state index contributed by atoms with van der Waals surface area (Å²) in [6.45, 7) is 1.85. The number of rotatable bonds is 5. The Bertz CT molecular complexity index is 528. The summed E-state index contributed by atoms with van der Waals surface area (Å²) in [7, 11) is -3.30. The van der Waals surface area contributed by atoms with Gasteiger partial charge in [-0.3, -0.25) is 4.79 Å². The summed E-state index contributed by atoms with van der Waals surface area (Å²) in [4.78, 5) is 12.0. The zero-order chi connectivity index (χ0) is 13.8. The number of halogens is 1. The minimum atomic E-state index is -3.30. The number of nitrogens with one attached hydrogen (secondary N) is 1. The van der Waals surface area contributed by atoms with Gasteiger partial charge in [0.05, 0.1) is 4.90 Å². The molecular weight excluding hydrogens is 274 g/mol. The van der Waals surface area contributed by atoms with Crippen molar-refractivity contribution in [1.29, 1.82) is 0 Å². The number of hydrogen-bond acceptors (Lipinski definition) is 3. The van der Waals surface area contributed by atoms with Crippen LogP contribution in [0.4, 0.5) is 0 Å². The molecule has 0 fully saturated rings. The Kier molecular flexibility index (Phi) is 5.16. The van der Waals surface area contributed by atoms with Crippen molar-refractivity contribution in [3.8, 4) is 0 Å². The molecule has 0 aliphatic carbocycles. The Labute approximate surface area is 112 Å². The normalized spacial score (nSPS) is 13.1. The van der Waals surface area contributed by atoms with Crippen LogP contribution in [0.5, 0.6) is 0 Å². The molecule has 1 rings (SSSR count). The molecule has 0 spiro atoms. The van der Waals surface area contributed by atoms with Crippen LogP contribution in [0.15, 0.2) is 29.2 Å². The van der Waals surface area contributed by atoms with Gasteiger partial charge in [-0.2, -0.15) is 0 Å². The van der Waals surface area contributed by atoms with Gasteiger partial charge >= 0.3 is 0 Å². The summed E-state index contributed by atoms with van der Waals surface area (Å²) in [5.74, 6) is 0.170. The molecule has 1 atom stereocenters. The number of alkyl halides is 1. The summed E-state index contributed by atoms with van der Waals surface area (Å²) in [6, 6.07) is 5.93. The highest BCUT2D eigenvalue weighted by atomic mass is 35.5. The first-order valence-electron chi connectivity index (χ1n) is 5.51. The van der Waals surface area contributed by atoms with Crippen molar-refractivity contribution in [2.75, 3.05) is 12.1 Å². The fraction of sp³-hybridized carbons (Fsp3) is 0.417. The van der Waals surface area contributed by atoms with E-state index < -0.39 is 9.84 Å². The van der Waals surface area contributed by atoms with E-state index >= 15 is 0 Å². The molecule has 1 amide bonds. The summed E-state index contributed by atoms with van der Waals surface area (Å²) in [5, 5.41) is 2.76. The minimum Gasteiger partial charge on any atom is -0.350 e. The lowest BCUT2D eigenvalue weighted by Crippen LogP contribution is -2.32. The van der Waals surface area contributed by atoms with Crippen LogP contribution >= 0.6 is 11.6 Å². The molecule has 0 radical (unpaired) electrons. The van der Waals surface area contributed by atoms with E-state index in [-0.39, 0.29) is 16.8 Å². The average Bonchev–Trinajstić information content (AvgIpc) is 2.28. The van der Waals surface area contributed by atoms with Crippen molar-refractivity contribution >= 4 is 27.3 Å². The molecule has 0 aromatic heterocycles. The first-order valence-corrected chi connectivity index (χ1v) is 7.94. The van der Waals surface area contributed by atoms with Gasteiger partial charge in [0.25, 0.3) is 5.91 Å². The van der Waals surface area contributed by atoms with Gasteiger partial charge in [0.1, 0.15) is 0 Å². The minimum absolute atomic E-state index is 0.0445. The average molecular weight is 290 g/mol. The van der Waals surface area contributed by atoms with E-state index in [2.05, 4.69) is 5.32 Å². The van der Waals surface area contributed by atoms with Gasteiger partial charge in [-0.15, -0.1) is 11.6 Å². The smallest absolute Gasteiger partial charge is 0.251 e. The van der Waals surface area contributed by atoms with Crippen molar-refractivity contribution in [2.24, 2.45) is 0 Å². The Hall–Kier alpha value is -1.07. The van der Waals surface area contributed by atoms with Gasteiger partial charge in [0.2, 0.25) is 0 Å². The van der Waals surface area contributed by atoms with Gasteiger partial charge in [-0.05, 0) is 31.5 Å². The van der Waals surface area contributed by atoms with Crippen LogP contribution in [0.25, 0.3) is 0 Å². The molecule has 4 nitrogen and oxygen atoms in total. The van der Waals surface area contributed by atoms with Gasteiger partial charge in [0, 0.05) is 23.7 Å². The molecule has 100 valence electrons. The van der Waals surface area contributed by atoms with E-state index in [1.165, 1.54) is 12.1 Å². The van der Waals surface area contributed by atoms with E-state index in [0.29, 0.717) is 17.9 Å². The van der Waals surface area contributed by atoms with Crippen molar-refractivity contribution in [3.05, 3.63) is 29.8 Å². The SMILES string of the molecule is CC(CCCl)NC(=O)c1cccc(S(C)(=O)=O)c1. The third kappa shape index (κ3) is 4.31. The van der Waals surface area contributed by atoms with Crippen molar-refractivity contribution in [1.82, 2.24) is 5.32 Å². The van der Waals surface area contributed by atoms with E-state index in [4.69, 9.17) is 11.6 Å². The molecule has 1 aromatic rings. The van der Waals surface area contributed by atoms with Crippen molar-refractivity contribution in [2.45, 2.75) is 24.3 Å². The molecular formula is C12H16ClNO3S. The number of carbonyl (C=O) groups is 1. The highest BCUT2D eigenvalue weighted by molar-refractivity contribution is 7.90. The van der Waals surface area contributed by atoms with Crippen LogP contribution in [0.1, 0.15) is 23.7 Å². The van der Waals surface area contributed by atoms with Crippen LogP contribution in [-0.4, -0.2) is 32.5 Å². The van der Waals surface area contributed by atoms with Gasteiger partial charge in [-0.25, -0.2) is 8.42 Å². The summed E-state index contributed by atoms with van der Waals surface area (Å²) >= 11 is 5.58. The second-order valence-corrected chi connectivity index (χ2v) is 6.55. The molecule has 0 aliphatic rings. The predicted molar refractivity (Wildman–Crippen MR) is 71.8 cm³/mol. The van der Waals surface area contributed by atoms with Crippen LogP contribution in [0, 0.1) is 0 Å². The maximum absolute atomic E-state index is 11.9. The molecule has 0 saturated carbocycles. The molecule has 1 unspecified atom stereocenters. The first kappa shape index (κ1) is 15.0. The predicted octanol–water partition coefficient (Wildman–Crippen LogP) is 1.84. The van der Waals surface area contributed by atoms with Gasteiger partial charge in [0.15, 0.2) is 9.84 Å². The molecule has 6 heteroatoms. The maximum atomic E-state index is 11.9. The summed E-state index contributed by atoms with van der Waals surface area (Å²) in [5.41, 5.74) is 0.333. The lowest BCUT2D eigenvalue weighted by Gasteiger charge is -2.12. The highest BCUT2D eigenvalue weighted by Crippen LogP contribution is 2.11. The molecule has 18 heavy (non-hydrogen) atoms. The zero-order valence-electron chi connectivity index (χ0n) is 10.3. The first-order chi connectivity index (χ1) is 8.34. The van der Waals surface area contributed by atoms with Crippen LogP contribution in [0.3, 0.4) is 0 Å². The molecule has 1 aromatic carbocycles. The quantitative estimate of drug-likeness (QED) is 0.841. The Morgan fingerprint density at radius 3 is 2.67 bits per heavy atom. The third-order valence-corrected chi connectivity index (χ3v) is 3.77. The van der Waals surface area contributed by atoms with E-state index in [0.717, 1.165) is 6.26 Å². The van der Waals surface area contributed by atoms with E-state index in [1.807, 2.05) is 6.92 Å². The van der Waals surface area contributed by atoms with Crippen molar-refractivity contribution in [3.63, 3.8) is 0 Å². The lowest BCUT2D eigenvalue weighted by molar-refractivity contribution is 0.0939. The number of hydrogen-bond donors (Lipinski definition) is 1. The number of benzene rings is 1. The van der Waals surface area contributed by atoms with Gasteiger partial charge < -0.3 is 5.32 Å².